The molecule has 5 nitrogen and oxygen atoms in total. The zero-order valence-corrected chi connectivity index (χ0v) is 12.0. The Morgan fingerprint density at radius 3 is 2.64 bits per heavy atom. The Kier molecular flexibility index (Phi) is 3.50. The van der Waals surface area contributed by atoms with Crippen molar-refractivity contribution in [3.05, 3.63) is 60.0 Å². The van der Waals surface area contributed by atoms with Gasteiger partial charge in [0.05, 0.1) is 23.0 Å². The lowest BCUT2D eigenvalue weighted by Crippen LogP contribution is -2.02. The number of hydrogen-bond acceptors (Lipinski definition) is 5. The van der Waals surface area contributed by atoms with Gasteiger partial charge in [-0.1, -0.05) is 18.2 Å². The van der Waals surface area contributed by atoms with Gasteiger partial charge in [0.1, 0.15) is 0 Å². The summed E-state index contributed by atoms with van der Waals surface area (Å²) in [4.78, 5) is 12.8. The average molecular weight is 287 g/mol. The van der Waals surface area contributed by atoms with Crippen LogP contribution in [-0.2, 0) is 0 Å². The SMILES string of the molecule is Cc1nc(N)nc(-c2cccc(C#N)c2)c1-c1cccnc1. The molecule has 0 saturated heterocycles. The van der Waals surface area contributed by atoms with E-state index < -0.39 is 0 Å². The molecule has 0 aliphatic rings. The van der Waals surface area contributed by atoms with Crippen molar-refractivity contribution >= 4 is 5.95 Å². The van der Waals surface area contributed by atoms with Gasteiger partial charge in [0.15, 0.2) is 0 Å². The van der Waals surface area contributed by atoms with Crippen LogP contribution in [0, 0.1) is 18.3 Å². The Labute approximate surface area is 128 Å². The molecule has 0 saturated carbocycles. The van der Waals surface area contributed by atoms with Crippen LogP contribution in [0.5, 0.6) is 0 Å². The third-order valence-electron chi connectivity index (χ3n) is 3.32. The monoisotopic (exact) mass is 287 g/mol. The summed E-state index contributed by atoms with van der Waals surface area (Å²) in [6.45, 7) is 1.89. The number of aromatic nitrogens is 3. The van der Waals surface area contributed by atoms with Crippen LogP contribution in [0.2, 0.25) is 0 Å². The minimum Gasteiger partial charge on any atom is -0.368 e. The maximum atomic E-state index is 9.09. The van der Waals surface area contributed by atoms with Gasteiger partial charge in [0, 0.05) is 29.1 Å². The summed E-state index contributed by atoms with van der Waals surface area (Å²) in [6.07, 6.45) is 3.48. The molecule has 2 aromatic heterocycles. The van der Waals surface area contributed by atoms with Gasteiger partial charge in [-0.25, -0.2) is 9.97 Å². The molecule has 0 radical (unpaired) electrons. The summed E-state index contributed by atoms with van der Waals surface area (Å²) < 4.78 is 0. The molecule has 0 spiro atoms. The van der Waals surface area contributed by atoms with Crippen LogP contribution in [0.4, 0.5) is 5.95 Å². The zero-order chi connectivity index (χ0) is 15.5. The summed E-state index contributed by atoms with van der Waals surface area (Å²) in [5.41, 5.74) is 10.5. The van der Waals surface area contributed by atoms with Crippen molar-refractivity contribution in [3.8, 4) is 28.5 Å². The Balaban J connectivity index is 2.29. The molecular formula is C17H13N5. The number of nitrogens with two attached hydrogens (primary N) is 1. The highest BCUT2D eigenvalue weighted by molar-refractivity contribution is 5.82. The molecule has 0 fully saturated rings. The molecule has 3 rings (SSSR count). The molecule has 22 heavy (non-hydrogen) atoms. The van der Waals surface area contributed by atoms with Crippen molar-refractivity contribution in [1.82, 2.24) is 15.0 Å². The maximum absolute atomic E-state index is 9.09. The second-order valence-corrected chi connectivity index (χ2v) is 4.83. The van der Waals surface area contributed by atoms with Crippen LogP contribution < -0.4 is 5.73 Å². The lowest BCUT2D eigenvalue weighted by Gasteiger charge is -2.12. The summed E-state index contributed by atoms with van der Waals surface area (Å²) in [5, 5.41) is 9.09. The van der Waals surface area contributed by atoms with E-state index in [1.807, 2.05) is 31.2 Å². The largest absolute Gasteiger partial charge is 0.368 e. The van der Waals surface area contributed by atoms with Gasteiger partial charge in [-0.3, -0.25) is 4.98 Å². The van der Waals surface area contributed by atoms with E-state index in [2.05, 4.69) is 21.0 Å². The van der Waals surface area contributed by atoms with Gasteiger partial charge in [0.2, 0.25) is 5.95 Å². The van der Waals surface area contributed by atoms with Crippen molar-refractivity contribution < 1.29 is 0 Å². The Hall–Kier alpha value is -3.26. The van der Waals surface area contributed by atoms with E-state index in [0.29, 0.717) is 11.3 Å². The van der Waals surface area contributed by atoms with Crippen LogP contribution in [0.3, 0.4) is 0 Å². The van der Waals surface area contributed by atoms with Crippen molar-refractivity contribution in [2.45, 2.75) is 6.92 Å². The van der Waals surface area contributed by atoms with Crippen molar-refractivity contribution in [1.29, 1.82) is 5.26 Å². The fourth-order valence-electron chi connectivity index (χ4n) is 2.40. The molecule has 106 valence electrons. The van der Waals surface area contributed by atoms with Gasteiger partial charge in [-0.15, -0.1) is 0 Å². The van der Waals surface area contributed by atoms with E-state index in [0.717, 1.165) is 22.4 Å². The number of aryl methyl sites for hydroxylation is 1. The minimum atomic E-state index is 0.211. The van der Waals surface area contributed by atoms with E-state index in [4.69, 9.17) is 11.0 Å². The number of rotatable bonds is 2. The molecule has 0 bridgehead atoms. The summed E-state index contributed by atoms with van der Waals surface area (Å²) in [6, 6.07) is 13.2. The Bertz CT molecular complexity index is 866. The average Bonchev–Trinajstić information content (AvgIpc) is 2.55. The maximum Gasteiger partial charge on any atom is 0.220 e. The fourth-order valence-corrected chi connectivity index (χ4v) is 2.40. The Morgan fingerprint density at radius 2 is 1.91 bits per heavy atom. The van der Waals surface area contributed by atoms with Crippen molar-refractivity contribution in [2.75, 3.05) is 5.73 Å². The minimum absolute atomic E-state index is 0.211. The molecule has 0 amide bonds. The van der Waals surface area contributed by atoms with Gasteiger partial charge < -0.3 is 5.73 Å². The highest BCUT2D eigenvalue weighted by atomic mass is 15.0. The number of nitrogen functional groups attached to an aromatic ring is 1. The van der Waals surface area contributed by atoms with E-state index in [1.54, 1.807) is 24.5 Å². The van der Waals surface area contributed by atoms with Crippen LogP contribution in [0.15, 0.2) is 48.8 Å². The van der Waals surface area contributed by atoms with Crippen LogP contribution >= 0.6 is 0 Å². The van der Waals surface area contributed by atoms with Crippen LogP contribution in [-0.4, -0.2) is 15.0 Å². The molecule has 0 aliphatic carbocycles. The fraction of sp³-hybridized carbons (Fsp3) is 0.0588. The lowest BCUT2D eigenvalue weighted by atomic mass is 9.98. The molecule has 2 heterocycles. The lowest BCUT2D eigenvalue weighted by molar-refractivity contribution is 1.12. The topological polar surface area (TPSA) is 88.5 Å². The first-order valence-electron chi connectivity index (χ1n) is 6.74. The molecule has 2 N–H and O–H groups in total. The first kappa shape index (κ1) is 13.7. The second kappa shape index (κ2) is 5.62. The van der Waals surface area contributed by atoms with Gasteiger partial charge in [0.25, 0.3) is 0 Å². The molecular weight excluding hydrogens is 274 g/mol. The second-order valence-electron chi connectivity index (χ2n) is 4.83. The predicted octanol–water partition coefficient (Wildman–Crippen LogP) is 2.97. The van der Waals surface area contributed by atoms with Gasteiger partial charge in [-0.05, 0) is 25.1 Å². The third kappa shape index (κ3) is 2.50. The number of pyridine rings is 1. The quantitative estimate of drug-likeness (QED) is 0.782. The summed E-state index contributed by atoms with van der Waals surface area (Å²) in [7, 11) is 0. The predicted molar refractivity (Wildman–Crippen MR) is 84.6 cm³/mol. The molecule has 3 aromatic rings. The van der Waals surface area contributed by atoms with E-state index in [-0.39, 0.29) is 5.95 Å². The first-order chi connectivity index (χ1) is 10.7. The molecule has 1 aromatic carbocycles. The van der Waals surface area contributed by atoms with Crippen LogP contribution in [0.25, 0.3) is 22.4 Å². The number of anilines is 1. The number of nitriles is 1. The molecule has 0 aliphatic heterocycles. The van der Waals surface area contributed by atoms with E-state index in [9.17, 15) is 0 Å². The van der Waals surface area contributed by atoms with E-state index in [1.165, 1.54) is 0 Å². The molecule has 0 unspecified atom stereocenters. The number of hydrogen-bond donors (Lipinski definition) is 1. The normalized spacial score (nSPS) is 10.2. The Morgan fingerprint density at radius 1 is 1.09 bits per heavy atom. The third-order valence-corrected chi connectivity index (χ3v) is 3.32. The number of nitrogens with zero attached hydrogens (tertiary/aromatic N) is 4. The standard InChI is InChI=1S/C17H13N5/c1-11-15(14-6-3-7-20-10-14)16(22-17(19)21-11)13-5-2-4-12(8-13)9-18/h2-8,10H,1H3,(H2,19,21,22). The van der Waals surface area contributed by atoms with Gasteiger partial charge >= 0.3 is 0 Å². The van der Waals surface area contributed by atoms with E-state index >= 15 is 0 Å². The first-order valence-corrected chi connectivity index (χ1v) is 6.74. The van der Waals surface area contributed by atoms with Crippen molar-refractivity contribution in [3.63, 3.8) is 0 Å². The smallest absolute Gasteiger partial charge is 0.220 e. The molecule has 5 heteroatoms. The summed E-state index contributed by atoms with van der Waals surface area (Å²) in [5.74, 6) is 0.211. The highest BCUT2D eigenvalue weighted by Crippen LogP contribution is 2.32. The summed E-state index contributed by atoms with van der Waals surface area (Å²) >= 11 is 0. The number of benzene rings is 1. The zero-order valence-electron chi connectivity index (χ0n) is 12.0. The van der Waals surface area contributed by atoms with Crippen LogP contribution in [0.1, 0.15) is 11.3 Å². The highest BCUT2D eigenvalue weighted by Gasteiger charge is 2.15. The molecule has 0 atom stereocenters. The van der Waals surface area contributed by atoms with Gasteiger partial charge in [-0.2, -0.15) is 5.26 Å². The van der Waals surface area contributed by atoms with Crippen molar-refractivity contribution in [2.24, 2.45) is 0 Å².